The molecule has 4 nitrogen and oxygen atoms in total. The zero-order valence-corrected chi connectivity index (χ0v) is 19.3. The van der Waals surface area contributed by atoms with Gasteiger partial charge in [0.2, 0.25) is 0 Å². The van der Waals surface area contributed by atoms with Gasteiger partial charge in [0.25, 0.3) is 0 Å². The molecule has 0 unspecified atom stereocenters. The Bertz CT molecular complexity index is 1390. The summed E-state index contributed by atoms with van der Waals surface area (Å²) in [5.74, 6) is 8.14. The van der Waals surface area contributed by atoms with E-state index in [2.05, 4.69) is 27.1 Å². The van der Waals surface area contributed by atoms with E-state index >= 15 is 0 Å². The van der Waals surface area contributed by atoms with Gasteiger partial charge in [0, 0.05) is 22.6 Å². The number of anilines is 2. The summed E-state index contributed by atoms with van der Waals surface area (Å²) in [5.41, 5.74) is 3.30. The first-order valence-corrected chi connectivity index (χ1v) is 11.7. The number of halogens is 2. The van der Waals surface area contributed by atoms with E-state index in [4.69, 9.17) is 16.3 Å². The van der Waals surface area contributed by atoms with Crippen molar-refractivity contribution >= 4 is 34.0 Å². The van der Waals surface area contributed by atoms with E-state index in [0.29, 0.717) is 22.5 Å². The molecular formula is C28H23ClFN3O. The number of nitrogens with zero attached hydrogens (tertiary/aromatic N) is 2. The molecule has 0 amide bonds. The average molecular weight is 472 g/mol. The van der Waals surface area contributed by atoms with Crippen molar-refractivity contribution in [3.05, 3.63) is 89.0 Å². The third kappa shape index (κ3) is 5.30. The molecule has 1 fully saturated rings. The molecule has 1 heterocycles. The Morgan fingerprint density at radius 1 is 1.03 bits per heavy atom. The lowest BCUT2D eigenvalue weighted by Gasteiger charge is -2.12. The molecule has 170 valence electrons. The number of rotatable bonds is 5. The lowest BCUT2D eigenvalue weighted by atomic mass is 10.1. The monoisotopic (exact) mass is 471 g/mol. The van der Waals surface area contributed by atoms with E-state index < -0.39 is 0 Å². The lowest BCUT2D eigenvalue weighted by molar-refractivity contribution is 0.306. The predicted octanol–water partition coefficient (Wildman–Crippen LogP) is 7.29. The minimum Gasteiger partial charge on any atom is -0.487 e. The van der Waals surface area contributed by atoms with Gasteiger partial charge in [-0.2, -0.15) is 0 Å². The molecule has 0 aliphatic heterocycles. The molecule has 1 saturated carbocycles. The van der Waals surface area contributed by atoms with E-state index in [0.717, 1.165) is 27.7 Å². The predicted molar refractivity (Wildman–Crippen MR) is 134 cm³/mol. The second kappa shape index (κ2) is 10.1. The molecule has 34 heavy (non-hydrogen) atoms. The molecule has 1 N–H and O–H groups in total. The largest absolute Gasteiger partial charge is 0.487 e. The maximum Gasteiger partial charge on any atom is 0.141 e. The van der Waals surface area contributed by atoms with E-state index in [1.54, 1.807) is 24.3 Å². The average Bonchev–Trinajstić information content (AvgIpc) is 3.36. The molecule has 1 aliphatic carbocycles. The zero-order valence-electron chi connectivity index (χ0n) is 18.5. The number of fused-ring (bicyclic) bond motifs is 1. The van der Waals surface area contributed by atoms with E-state index in [9.17, 15) is 4.39 Å². The molecule has 1 aliphatic rings. The highest BCUT2D eigenvalue weighted by atomic mass is 35.5. The first-order valence-electron chi connectivity index (χ1n) is 11.3. The van der Waals surface area contributed by atoms with Crippen LogP contribution in [0, 0.1) is 23.6 Å². The Morgan fingerprint density at radius 2 is 1.91 bits per heavy atom. The van der Waals surface area contributed by atoms with E-state index in [1.807, 2.05) is 24.3 Å². The van der Waals surface area contributed by atoms with E-state index in [-0.39, 0.29) is 12.4 Å². The Morgan fingerprint density at radius 3 is 2.74 bits per heavy atom. The van der Waals surface area contributed by atoms with Crippen LogP contribution in [0.15, 0.2) is 67.0 Å². The molecule has 6 heteroatoms. The van der Waals surface area contributed by atoms with Crippen LogP contribution in [-0.4, -0.2) is 9.97 Å². The van der Waals surface area contributed by atoms with Crippen molar-refractivity contribution in [2.75, 3.05) is 5.32 Å². The first kappa shape index (κ1) is 22.2. The minimum atomic E-state index is -0.295. The van der Waals surface area contributed by atoms with Gasteiger partial charge in [0.05, 0.1) is 10.5 Å². The van der Waals surface area contributed by atoms with Gasteiger partial charge in [0.1, 0.15) is 30.3 Å². The summed E-state index contributed by atoms with van der Waals surface area (Å²) < 4.78 is 19.1. The molecule has 4 aromatic rings. The van der Waals surface area contributed by atoms with E-state index in [1.165, 1.54) is 44.1 Å². The number of hydrogen-bond donors (Lipinski definition) is 1. The summed E-state index contributed by atoms with van der Waals surface area (Å²) in [6, 6.07) is 17.7. The fourth-order valence-corrected chi connectivity index (χ4v) is 4.34. The fraction of sp³-hybridized carbons (Fsp3) is 0.214. The minimum absolute atomic E-state index is 0.228. The number of nitrogens with one attached hydrogen (secondary N) is 1. The molecule has 5 rings (SSSR count). The van der Waals surface area contributed by atoms with Crippen LogP contribution in [0.1, 0.15) is 36.8 Å². The van der Waals surface area contributed by atoms with Gasteiger partial charge in [-0.3, -0.25) is 0 Å². The summed E-state index contributed by atoms with van der Waals surface area (Å²) in [7, 11) is 0. The highest BCUT2D eigenvalue weighted by Crippen LogP contribution is 2.31. The summed E-state index contributed by atoms with van der Waals surface area (Å²) in [6.07, 6.45) is 6.47. The zero-order chi connectivity index (χ0) is 23.3. The van der Waals surface area contributed by atoms with Crippen LogP contribution in [0.25, 0.3) is 10.9 Å². The third-order valence-corrected chi connectivity index (χ3v) is 6.18. The Labute approximate surface area is 203 Å². The standard InChI is InChI=1S/C28H23ClFN3O/c29-25-16-23(11-13-27(25)34-17-21-6-3-7-22(30)14-21)33-28-24-15-20(9-8-19-4-1-2-5-19)10-12-26(24)31-18-32-28/h3,6-7,10-16,18-19H,1-2,4-5,17H2,(H,31,32,33). The third-order valence-electron chi connectivity index (χ3n) is 5.89. The van der Waals surface area contributed by atoms with Gasteiger partial charge in [-0.1, -0.05) is 48.4 Å². The first-order chi connectivity index (χ1) is 16.6. The van der Waals surface area contributed by atoms with Gasteiger partial charge in [0.15, 0.2) is 0 Å². The van der Waals surface area contributed by atoms with Crippen molar-refractivity contribution in [3.8, 4) is 17.6 Å². The summed E-state index contributed by atoms with van der Waals surface area (Å²) >= 11 is 6.45. The highest BCUT2D eigenvalue weighted by molar-refractivity contribution is 6.32. The van der Waals surface area contributed by atoms with Gasteiger partial charge < -0.3 is 10.1 Å². The summed E-state index contributed by atoms with van der Waals surface area (Å²) in [4.78, 5) is 8.82. The highest BCUT2D eigenvalue weighted by Gasteiger charge is 2.12. The van der Waals surface area contributed by atoms with Crippen molar-refractivity contribution in [3.63, 3.8) is 0 Å². The molecule has 1 aromatic heterocycles. The van der Waals surface area contributed by atoms with Crippen LogP contribution >= 0.6 is 11.6 Å². The van der Waals surface area contributed by atoms with Gasteiger partial charge in [-0.05, 0) is 66.9 Å². The summed E-state index contributed by atoms with van der Waals surface area (Å²) in [5, 5.41) is 4.67. The van der Waals surface area contributed by atoms with Crippen molar-refractivity contribution < 1.29 is 9.13 Å². The number of benzene rings is 3. The van der Waals surface area contributed by atoms with Crippen LogP contribution in [-0.2, 0) is 6.61 Å². The maximum atomic E-state index is 13.4. The maximum absolute atomic E-state index is 13.4. The SMILES string of the molecule is Fc1cccc(COc2ccc(Nc3ncnc4ccc(C#CC5CCCC5)cc34)cc2Cl)c1. The number of hydrogen-bond acceptors (Lipinski definition) is 4. The normalized spacial score (nSPS) is 13.5. The Balaban J connectivity index is 1.33. The van der Waals surface area contributed by atoms with Crippen molar-refractivity contribution in [2.45, 2.75) is 32.3 Å². The molecule has 0 saturated heterocycles. The summed E-state index contributed by atoms with van der Waals surface area (Å²) in [6.45, 7) is 0.228. The van der Waals surface area contributed by atoms with Crippen molar-refractivity contribution in [1.29, 1.82) is 0 Å². The second-order valence-electron chi connectivity index (χ2n) is 8.39. The topological polar surface area (TPSA) is 47.0 Å². The van der Waals surface area contributed by atoms with Crippen molar-refractivity contribution in [1.82, 2.24) is 9.97 Å². The van der Waals surface area contributed by atoms with Crippen LogP contribution in [0.5, 0.6) is 5.75 Å². The molecule has 0 spiro atoms. The second-order valence-corrected chi connectivity index (χ2v) is 8.80. The molecule has 0 radical (unpaired) electrons. The Hall–Kier alpha value is -3.62. The Kier molecular flexibility index (Phi) is 6.60. The smallest absolute Gasteiger partial charge is 0.141 e. The quantitative estimate of drug-likeness (QED) is 0.310. The number of aromatic nitrogens is 2. The van der Waals surface area contributed by atoms with Gasteiger partial charge in [-0.25, -0.2) is 14.4 Å². The number of ether oxygens (including phenoxy) is 1. The van der Waals surface area contributed by atoms with Crippen LogP contribution in [0.3, 0.4) is 0 Å². The lowest BCUT2D eigenvalue weighted by Crippen LogP contribution is -1.99. The van der Waals surface area contributed by atoms with Crippen molar-refractivity contribution in [2.24, 2.45) is 5.92 Å². The van der Waals surface area contributed by atoms with Crippen LogP contribution < -0.4 is 10.1 Å². The molecule has 0 atom stereocenters. The van der Waals surface area contributed by atoms with Crippen LogP contribution in [0.4, 0.5) is 15.9 Å². The molecule has 0 bridgehead atoms. The van der Waals surface area contributed by atoms with Crippen LogP contribution in [0.2, 0.25) is 5.02 Å². The fourth-order valence-electron chi connectivity index (χ4n) is 4.11. The molecular weight excluding hydrogens is 449 g/mol. The molecule has 3 aromatic carbocycles. The van der Waals surface area contributed by atoms with Gasteiger partial charge >= 0.3 is 0 Å². The van der Waals surface area contributed by atoms with Gasteiger partial charge in [-0.15, -0.1) is 0 Å².